The van der Waals surface area contributed by atoms with E-state index in [-0.39, 0.29) is 24.0 Å². The molecule has 0 saturated carbocycles. The molecule has 0 atom stereocenters. The number of furan rings is 1. The van der Waals surface area contributed by atoms with Crippen molar-refractivity contribution in [3.63, 3.8) is 0 Å². The van der Waals surface area contributed by atoms with Gasteiger partial charge in [0.25, 0.3) is 5.91 Å². The van der Waals surface area contributed by atoms with Crippen LogP contribution in [-0.4, -0.2) is 22.0 Å². The molecule has 2 amide bonds. The fourth-order valence-corrected chi connectivity index (χ4v) is 2.89. The number of rotatable bonds is 6. The maximum atomic E-state index is 12.0. The van der Waals surface area contributed by atoms with Gasteiger partial charge in [0, 0.05) is 17.5 Å². The molecule has 3 heterocycles. The van der Waals surface area contributed by atoms with Gasteiger partial charge in [-0.25, -0.2) is 4.98 Å². The summed E-state index contributed by atoms with van der Waals surface area (Å²) >= 11 is 1.25. The van der Waals surface area contributed by atoms with E-state index in [1.54, 1.807) is 24.4 Å². The zero-order valence-electron chi connectivity index (χ0n) is 13.7. The number of nitrogens with zero attached hydrogens (tertiary/aromatic N) is 2. The van der Waals surface area contributed by atoms with E-state index in [1.165, 1.54) is 17.6 Å². The van der Waals surface area contributed by atoms with E-state index in [4.69, 9.17) is 8.94 Å². The number of carbonyl (C=O) groups is 2. The molecule has 0 fully saturated rings. The van der Waals surface area contributed by atoms with E-state index in [0.717, 1.165) is 11.3 Å². The van der Waals surface area contributed by atoms with Gasteiger partial charge in [-0.05, 0) is 26.0 Å². The van der Waals surface area contributed by atoms with E-state index in [2.05, 4.69) is 20.8 Å². The first kappa shape index (κ1) is 16.9. The molecule has 2 N–H and O–H groups in total. The molecule has 0 aromatic carbocycles. The van der Waals surface area contributed by atoms with E-state index in [1.807, 2.05) is 6.92 Å². The Labute approximate surface area is 147 Å². The minimum atomic E-state index is -0.381. The molecule has 0 aliphatic heterocycles. The Kier molecular flexibility index (Phi) is 4.94. The van der Waals surface area contributed by atoms with Gasteiger partial charge >= 0.3 is 0 Å². The Balaban J connectivity index is 1.52. The monoisotopic (exact) mass is 360 g/mol. The van der Waals surface area contributed by atoms with Crippen LogP contribution in [0.2, 0.25) is 0 Å². The summed E-state index contributed by atoms with van der Waals surface area (Å²) in [7, 11) is 0. The topological polar surface area (TPSA) is 110 Å². The van der Waals surface area contributed by atoms with Crippen LogP contribution in [0, 0.1) is 13.8 Å². The summed E-state index contributed by atoms with van der Waals surface area (Å²) < 4.78 is 10.1. The van der Waals surface area contributed by atoms with Crippen molar-refractivity contribution < 1.29 is 18.5 Å². The quantitative estimate of drug-likeness (QED) is 0.699. The van der Waals surface area contributed by atoms with Gasteiger partial charge in [-0.2, -0.15) is 0 Å². The SMILES string of the molecule is Cc1noc(C)c1CNC(=O)Cc1csc(NC(=O)c2ccco2)n1. The number of anilines is 1. The van der Waals surface area contributed by atoms with Crippen molar-refractivity contribution >= 4 is 28.3 Å². The van der Waals surface area contributed by atoms with Crippen molar-refractivity contribution in [2.45, 2.75) is 26.8 Å². The van der Waals surface area contributed by atoms with Crippen LogP contribution in [0.1, 0.15) is 33.3 Å². The standard InChI is InChI=1S/C16H16N4O4S/c1-9-12(10(2)24-20-9)7-17-14(21)6-11-8-25-16(18-11)19-15(22)13-4-3-5-23-13/h3-5,8H,6-7H2,1-2H3,(H,17,21)(H,18,19,22). The average Bonchev–Trinajstić information content (AvgIpc) is 3.29. The van der Waals surface area contributed by atoms with Gasteiger partial charge in [0.1, 0.15) is 5.76 Å². The summed E-state index contributed by atoms with van der Waals surface area (Å²) in [6, 6.07) is 3.19. The van der Waals surface area contributed by atoms with Crippen molar-refractivity contribution in [3.05, 3.63) is 52.2 Å². The van der Waals surface area contributed by atoms with Crippen LogP contribution in [0.4, 0.5) is 5.13 Å². The van der Waals surface area contributed by atoms with Crippen molar-refractivity contribution in [1.82, 2.24) is 15.5 Å². The Morgan fingerprint density at radius 3 is 2.84 bits per heavy atom. The molecule has 8 nitrogen and oxygen atoms in total. The molecule has 9 heteroatoms. The molecule has 0 radical (unpaired) electrons. The van der Waals surface area contributed by atoms with Crippen molar-refractivity contribution in [3.8, 4) is 0 Å². The largest absolute Gasteiger partial charge is 0.459 e. The molecule has 130 valence electrons. The number of thiazole rings is 1. The summed E-state index contributed by atoms with van der Waals surface area (Å²) in [6.07, 6.45) is 1.54. The van der Waals surface area contributed by atoms with E-state index >= 15 is 0 Å². The molecule has 0 aliphatic carbocycles. The van der Waals surface area contributed by atoms with E-state index in [9.17, 15) is 9.59 Å². The third kappa shape index (κ3) is 4.13. The first-order valence-electron chi connectivity index (χ1n) is 7.50. The number of carbonyl (C=O) groups excluding carboxylic acids is 2. The number of aryl methyl sites for hydroxylation is 2. The normalized spacial score (nSPS) is 10.6. The summed E-state index contributed by atoms with van der Waals surface area (Å²) in [5.74, 6) is 0.339. The fourth-order valence-electron chi connectivity index (χ4n) is 2.18. The molecule has 25 heavy (non-hydrogen) atoms. The number of amides is 2. The van der Waals surface area contributed by atoms with Crippen molar-refractivity contribution in [2.75, 3.05) is 5.32 Å². The Morgan fingerprint density at radius 2 is 2.16 bits per heavy atom. The third-order valence-corrected chi connectivity index (χ3v) is 4.31. The number of nitrogens with one attached hydrogen (secondary N) is 2. The highest BCUT2D eigenvalue weighted by Crippen LogP contribution is 2.17. The van der Waals surface area contributed by atoms with Crippen LogP contribution in [-0.2, 0) is 17.8 Å². The molecule has 3 aromatic heterocycles. The molecule has 0 unspecified atom stereocenters. The molecule has 0 bridgehead atoms. The Bertz CT molecular complexity index is 862. The van der Waals surface area contributed by atoms with Gasteiger partial charge in [0.2, 0.25) is 5.91 Å². The second-order valence-electron chi connectivity index (χ2n) is 5.33. The highest BCUT2D eigenvalue weighted by molar-refractivity contribution is 7.14. The van der Waals surface area contributed by atoms with Crippen LogP contribution in [0.5, 0.6) is 0 Å². The van der Waals surface area contributed by atoms with E-state index < -0.39 is 0 Å². The molecule has 0 spiro atoms. The average molecular weight is 360 g/mol. The Morgan fingerprint density at radius 1 is 1.32 bits per heavy atom. The van der Waals surface area contributed by atoms with Gasteiger partial charge < -0.3 is 14.3 Å². The van der Waals surface area contributed by atoms with Gasteiger partial charge in [-0.1, -0.05) is 5.16 Å². The Hall–Kier alpha value is -2.94. The highest BCUT2D eigenvalue weighted by Gasteiger charge is 2.14. The predicted octanol–water partition coefficient (Wildman–Crippen LogP) is 2.45. The zero-order valence-corrected chi connectivity index (χ0v) is 14.5. The zero-order chi connectivity index (χ0) is 17.8. The van der Waals surface area contributed by atoms with Crippen LogP contribution >= 0.6 is 11.3 Å². The minimum absolute atomic E-state index is 0.122. The highest BCUT2D eigenvalue weighted by atomic mass is 32.1. The number of hydrogen-bond donors (Lipinski definition) is 2. The third-order valence-electron chi connectivity index (χ3n) is 3.50. The molecule has 0 saturated heterocycles. The first-order chi connectivity index (χ1) is 12.0. The van der Waals surface area contributed by atoms with Crippen molar-refractivity contribution in [2.24, 2.45) is 0 Å². The van der Waals surface area contributed by atoms with E-state index in [0.29, 0.717) is 23.1 Å². The lowest BCUT2D eigenvalue weighted by Crippen LogP contribution is -2.25. The lowest BCUT2D eigenvalue weighted by molar-refractivity contribution is -0.120. The van der Waals surface area contributed by atoms with Crippen LogP contribution in [0.15, 0.2) is 32.7 Å². The molecular formula is C16H16N4O4S. The predicted molar refractivity (Wildman–Crippen MR) is 90.3 cm³/mol. The second-order valence-corrected chi connectivity index (χ2v) is 6.19. The van der Waals surface area contributed by atoms with Crippen LogP contribution < -0.4 is 10.6 Å². The lowest BCUT2D eigenvalue weighted by Gasteiger charge is -2.03. The summed E-state index contributed by atoms with van der Waals surface area (Å²) in [5.41, 5.74) is 2.21. The number of aromatic nitrogens is 2. The number of hydrogen-bond acceptors (Lipinski definition) is 7. The van der Waals surface area contributed by atoms with Gasteiger partial charge in [-0.3, -0.25) is 14.9 Å². The van der Waals surface area contributed by atoms with Gasteiger partial charge in [0.15, 0.2) is 10.9 Å². The van der Waals surface area contributed by atoms with Crippen molar-refractivity contribution in [1.29, 1.82) is 0 Å². The molecule has 0 aliphatic rings. The maximum Gasteiger partial charge on any atom is 0.293 e. The first-order valence-corrected chi connectivity index (χ1v) is 8.38. The molecule has 3 rings (SSSR count). The summed E-state index contributed by atoms with van der Waals surface area (Å²) in [5, 5.41) is 11.4. The lowest BCUT2D eigenvalue weighted by atomic mass is 10.2. The van der Waals surface area contributed by atoms with Gasteiger partial charge in [-0.15, -0.1) is 11.3 Å². The fraction of sp³-hybridized carbons (Fsp3) is 0.250. The van der Waals surface area contributed by atoms with Gasteiger partial charge in [0.05, 0.1) is 24.1 Å². The van der Waals surface area contributed by atoms with Crippen LogP contribution in [0.25, 0.3) is 0 Å². The smallest absolute Gasteiger partial charge is 0.293 e. The summed E-state index contributed by atoms with van der Waals surface area (Å²) in [4.78, 5) is 28.2. The molecular weight excluding hydrogens is 344 g/mol. The summed E-state index contributed by atoms with van der Waals surface area (Å²) in [6.45, 7) is 3.98. The maximum absolute atomic E-state index is 12.0. The molecule has 3 aromatic rings. The second kappa shape index (κ2) is 7.31. The minimum Gasteiger partial charge on any atom is -0.459 e. The van der Waals surface area contributed by atoms with Crippen LogP contribution in [0.3, 0.4) is 0 Å².